The van der Waals surface area contributed by atoms with Crippen molar-refractivity contribution in [3.05, 3.63) is 78.1 Å². The molecule has 1 heterocycles. The number of rotatable bonds is 7. The van der Waals surface area contributed by atoms with Crippen molar-refractivity contribution in [3.8, 4) is 0 Å². The Balaban J connectivity index is 1.71. The Labute approximate surface area is 167 Å². The molecule has 3 rings (SSSR count). The molecular weight excluding hydrogens is 348 g/mol. The van der Waals surface area contributed by atoms with Gasteiger partial charge in [0.15, 0.2) is 0 Å². The van der Waals surface area contributed by atoms with Gasteiger partial charge in [-0.3, -0.25) is 4.98 Å². The highest BCUT2D eigenvalue weighted by Gasteiger charge is 2.17. The molecular formula is C23H28N4O. The normalized spacial score (nSPS) is 12.1. The highest BCUT2D eigenvalue weighted by atomic mass is 16.2. The second-order valence-electron chi connectivity index (χ2n) is 7.36. The maximum atomic E-state index is 13.0. The number of urea groups is 1. The summed E-state index contributed by atoms with van der Waals surface area (Å²) in [4.78, 5) is 21.1. The van der Waals surface area contributed by atoms with Crippen molar-refractivity contribution in [1.29, 1.82) is 0 Å². The SMILES string of the molecule is CC(NC(=O)N(CCN(C)C)Cc1cccnc1)c1ccc2ccccc2c1. The minimum atomic E-state index is -0.0761. The standard InChI is InChI=1S/C23H28N4O/c1-18(21-11-10-20-8-4-5-9-22(20)15-21)25-23(28)27(14-13-26(2)3)17-19-7-6-12-24-16-19/h4-12,15-16,18H,13-14,17H2,1-3H3,(H,25,28). The van der Waals surface area contributed by atoms with Crippen LogP contribution in [0.3, 0.4) is 0 Å². The lowest BCUT2D eigenvalue weighted by atomic mass is 10.0. The van der Waals surface area contributed by atoms with Gasteiger partial charge in [-0.25, -0.2) is 4.79 Å². The number of likely N-dealkylation sites (N-methyl/N-ethyl adjacent to an activating group) is 1. The topological polar surface area (TPSA) is 48.5 Å². The lowest BCUT2D eigenvalue weighted by molar-refractivity contribution is 0.185. The third-order valence-corrected chi connectivity index (χ3v) is 4.81. The number of aromatic nitrogens is 1. The van der Waals surface area contributed by atoms with Gasteiger partial charge in [-0.1, -0.05) is 42.5 Å². The Morgan fingerprint density at radius 1 is 1.04 bits per heavy atom. The number of nitrogens with zero attached hydrogens (tertiary/aromatic N) is 3. The van der Waals surface area contributed by atoms with Gasteiger partial charge in [0.1, 0.15) is 0 Å². The van der Waals surface area contributed by atoms with E-state index in [-0.39, 0.29) is 12.1 Å². The van der Waals surface area contributed by atoms with Crippen LogP contribution in [0.4, 0.5) is 4.79 Å². The molecule has 0 radical (unpaired) electrons. The number of hydrogen-bond acceptors (Lipinski definition) is 3. The molecule has 5 heteroatoms. The summed E-state index contributed by atoms with van der Waals surface area (Å²) in [7, 11) is 4.02. The largest absolute Gasteiger partial charge is 0.331 e. The van der Waals surface area contributed by atoms with Gasteiger partial charge in [0, 0.05) is 32.0 Å². The van der Waals surface area contributed by atoms with E-state index in [9.17, 15) is 4.79 Å². The molecule has 1 N–H and O–H groups in total. The lowest BCUT2D eigenvalue weighted by Crippen LogP contribution is -2.43. The van der Waals surface area contributed by atoms with Gasteiger partial charge in [-0.2, -0.15) is 0 Å². The van der Waals surface area contributed by atoms with E-state index in [1.165, 1.54) is 10.8 Å². The summed E-state index contributed by atoms with van der Waals surface area (Å²) in [5.74, 6) is 0. The zero-order valence-corrected chi connectivity index (χ0v) is 16.8. The van der Waals surface area contributed by atoms with Gasteiger partial charge < -0.3 is 15.1 Å². The zero-order valence-electron chi connectivity index (χ0n) is 16.8. The smallest absolute Gasteiger partial charge is 0.318 e. The van der Waals surface area contributed by atoms with Gasteiger partial charge in [0.05, 0.1) is 6.04 Å². The quantitative estimate of drug-likeness (QED) is 0.676. The number of carbonyl (C=O) groups excluding carboxylic acids is 1. The van der Waals surface area contributed by atoms with Crippen LogP contribution in [0.25, 0.3) is 10.8 Å². The van der Waals surface area contributed by atoms with Crippen LogP contribution in [-0.4, -0.2) is 48.0 Å². The molecule has 146 valence electrons. The number of fused-ring (bicyclic) bond motifs is 1. The van der Waals surface area contributed by atoms with Crippen molar-refractivity contribution >= 4 is 16.8 Å². The van der Waals surface area contributed by atoms with Crippen LogP contribution >= 0.6 is 0 Å². The average Bonchev–Trinajstić information content (AvgIpc) is 2.71. The molecule has 2 amide bonds. The van der Waals surface area contributed by atoms with Crippen molar-refractivity contribution in [3.63, 3.8) is 0 Å². The van der Waals surface area contributed by atoms with Gasteiger partial charge in [0.2, 0.25) is 0 Å². The van der Waals surface area contributed by atoms with E-state index in [1.807, 2.05) is 56.4 Å². The van der Waals surface area contributed by atoms with Crippen LogP contribution in [0.15, 0.2) is 67.0 Å². The Bertz CT molecular complexity index is 911. The van der Waals surface area contributed by atoms with E-state index in [1.54, 1.807) is 6.20 Å². The molecule has 0 bridgehead atoms. The Hall–Kier alpha value is -2.92. The fourth-order valence-electron chi connectivity index (χ4n) is 3.12. The van der Waals surface area contributed by atoms with Crippen LogP contribution in [0.5, 0.6) is 0 Å². The van der Waals surface area contributed by atoms with Crippen molar-refractivity contribution < 1.29 is 4.79 Å². The Morgan fingerprint density at radius 2 is 1.82 bits per heavy atom. The summed E-state index contributed by atoms with van der Waals surface area (Å²) in [6.07, 6.45) is 3.55. The molecule has 28 heavy (non-hydrogen) atoms. The first-order valence-corrected chi connectivity index (χ1v) is 9.60. The maximum Gasteiger partial charge on any atom is 0.318 e. The predicted molar refractivity (Wildman–Crippen MR) is 114 cm³/mol. The number of hydrogen-bond donors (Lipinski definition) is 1. The molecule has 5 nitrogen and oxygen atoms in total. The fraction of sp³-hybridized carbons (Fsp3) is 0.304. The maximum absolute atomic E-state index is 13.0. The third-order valence-electron chi connectivity index (χ3n) is 4.81. The van der Waals surface area contributed by atoms with Crippen molar-refractivity contribution in [2.45, 2.75) is 19.5 Å². The average molecular weight is 377 g/mol. The predicted octanol–water partition coefficient (Wildman–Crippen LogP) is 4.07. The van der Waals surface area contributed by atoms with Crippen molar-refractivity contribution in [2.75, 3.05) is 27.2 Å². The van der Waals surface area contributed by atoms with Crippen LogP contribution in [-0.2, 0) is 6.54 Å². The summed E-state index contributed by atoms with van der Waals surface area (Å²) in [5.41, 5.74) is 2.12. The Morgan fingerprint density at radius 3 is 2.54 bits per heavy atom. The summed E-state index contributed by atoms with van der Waals surface area (Å²) in [6.45, 7) is 4.02. The molecule has 1 unspecified atom stereocenters. The van der Waals surface area contributed by atoms with Crippen LogP contribution < -0.4 is 5.32 Å². The highest BCUT2D eigenvalue weighted by molar-refractivity contribution is 5.83. The Kier molecular flexibility index (Phi) is 6.61. The summed E-state index contributed by atoms with van der Waals surface area (Å²) in [6, 6.07) is 18.3. The van der Waals surface area contributed by atoms with E-state index in [4.69, 9.17) is 0 Å². The molecule has 0 fully saturated rings. The van der Waals surface area contributed by atoms with Gasteiger partial charge in [0.25, 0.3) is 0 Å². The lowest BCUT2D eigenvalue weighted by Gasteiger charge is -2.27. The first-order valence-electron chi connectivity index (χ1n) is 9.60. The molecule has 0 saturated carbocycles. The van der Waals surface area contributed by atoms with Gasteiger partial charge in [-0.15, -0.1) is 0 Å². The van der Waals surface area contributed by atoms with Crippen molar-refractivity contribution in [2.24, 2.45) is 0 Å². The number of pyridine rings is 1. The molecule has 1 atom stereocenters. The summed E-state index contributed by atoms with van der Waals surface area (Å²) < 4.78 is 0. The molecule has 1 aromatic heterocycles. The molecule has 0 aliphatic rings. The van der Waals surface area contributed by atoms with Gasteiger partial charge in [-0.05, 0) is 55.1 Å². The summed E-state index contributed by atoms with van der Waals surface area (Å²) in [5, 5.41) is 5.54. The van der Waals surface area contributed by atoms with E-state index >= 15 is 0 Å². The van der Waals surface area contributed by atoms with Gasteiger partial charge >= 0.3 is 6.03 Å². The molecule has 2 aromatic carbocycles. The molecule has 0 aliphatic carbocycles. The number of carbonyl (C=O) groups is 1. The number of benzene rings is 2. The molecule has 3 aromatic rings. The minimum Gasteiger partial charge on any atom is -0.331 e. The highest BCUT2D eigenvalue weighted by Crippen LogP contribution is 2.20. The zero-order chi connectivity index (χ0) is 19.9. The minimum absolute atomic E-state index is 0.0636. The second kappa shape index (κ2) is 9.33. The molecule has 0 spiro atoms. The summed E-state index contributed by atoms with van der Waals surface area (Å²) >= 11 is 0. The van der Waals surface area contributed by atoms with E-state index in [0.29, 0.717) is 13.1 Å². The number of amides is 2. The monoisotopic (exact) mass is 376 g/mol. The first kappa shape index (κ1) is 19.8. The van der Waals surface area contributed by atoms with E-state index < -0.39 is 0 Å². The number of nitrogens with one attached hydrogen (secondary N) is 1. The van der Waals surface area contributed by atoms with Crippen molar-refractivity contribution in [1.82, 2.24) is 20.1 Å². The molecule has 0 aliphatic heterocycles. The van der Waals surface area contributed by atoms with E-state index in [2.05, 4.69) is 45.5 Å². The van der Waals surface area contributed by atoms with Crippen LogP contribution in [0.1, 0.15) is 24.1 Å². The fourth-order valence-corrected chi connectivity index (χ4v) is 3.12. The third kappa shape index (κ3) is 5.30. The van der Waals surface area contributed by atoms with Crippen LogP contribution in [0, 0.1) is 0 Å². The van der Waals surface area contributed by atoms with Crippen LogP contribution in [0.2, 0.25) is 0 Å². The molecule has 0 saturated heterocycles. The first-order chi connectivity index (χ1) is 13.5. The second-order valence-corrected chi connectivity index (χ2v) is 7.36. The van der Waals surface area contributed by atoms with E-state index in [0.717, 1.165) is 17.7 Å².